The molecule has 0 aliphatic carbocycles. The van der Waals surface area contributed by atoms with Gasteiger partial charge in [0.15, 0.2) is 0 Å². The number of nitrogens with zero attached hydrogens (tertiary/aromatic N) is 3. The van der Waals surface area contributed by atoms with Gasteiger partial charge in [0.2, 0.25) is 0 Å². The molecule has 0 aliphatic heterocycles. The molecule has 0 fully saturated rings. The van der Waals surface area contributed by atoms with Crippen LogP contribution in [0.2, 0.25) is 0 Å². The highest BCUT2D eigenvalue weighted by molar-refractivity contribution is 6.10. The first kappa shape index (κ1) is 19.5. The van der Waals surface area contributed by atoms with Crippen LogP contribution >= 0.6 is 0 Å². The number of hydrogen-bond acceptors (Lipinski definition) is 2. The summed E-state index contributed by atoms with van der Waals surface area (Å²) in [4.78, 5) is 12.3. The molecule has 4 heteroatoms. The molecule has 1 N–H and O–H groups in total. The van der Waals surface area contributed by atoms with Crippen molar-refractivity contribution < 1.29 is 0 Å². The van der Waals surface area contributed by atoms with Gasteiger partial charge in [-0.15, -0.1) is 0 Å². The molecule has 0 bridgehead atoms. The predicted molar refractivity (Wildman–Crippen MR) is 135 cm³/mol. The Labute approximate surface area is 192 Å². The van der Waals surface area contributed by atoms with Crippen molar-refractivity contribution in [3.8, 4) is 17.1 Å². The predicted octanol–water partition coefficient (Wildman–Crippen LogP) is 6.89. The second-order valence-corrected chi connectivity index (χ2v) is 8.91. The van der Waals surface area contributed by atoms with Crippen molar-refractivity contribution in [1.29, 1.82) is 0 Å². The van der Waals surface area contributed by atoms with Crippen LogP contribution in [0.3, 0.4) is 0 Å². The van der Waals surface area contributed by atoms with Gasteiger partial charge in [0, 0.05) is 46.0 Å². The molecule has 0 atom stereocenters. The average molecular weight is 429 g/mol. The second kappa shape index (κ2) is 7.45. The van der Waals surface area contributed by atoms with E-state index in [0.717, 1.165) is 28.3 Å². The zero-order valence-electron chi connectivity index (χ0n) is 18.7. The maximum absolute atomic E-state index is 4.64. The molecule has 4 nitrogen and oxygen atoms in total. The summed E-state index contributed by atoms with van der Waals surface area (Å²) < 4.78 is 2.36. The summed E-state index contributed by atoms with van der Waals surface area (Å²) in [5, 5.41) is 2.48. The Kier molecular flexibility index (Phi) is 4.40. The second-order valence-electron chi connectivity index (χ2n) is 8.91. The Morgan fingerprint density at radius 1 is 0.727 bits per heavy atom. The Hall–Kier alpha value is -4.18. The molecule has 0 amide bonds. The third kappa shape index (κ3) is 3.14. The Morgan fingerprint density at radius 2 is 1.58 bits per heavy atom. The fraction of sp³-hybridized carbons (Fsp3) is 0.103. The topological polar surface area (TPSA) is 46.5 Å². The molecule has 0 unspecified atom stereocenters. The Balaban J connectivity index is 1.59. The Bertz CT molecular complexity index is 1570. The standard InChI is InChI=1S/C29H24N4/c1-29(2,27-12-5-6-15-30-27)21-8-7-9-22(19-21)33-25-11-4-3-10-23(25)24-14-13-20(18-26(24)33)28-31-16-17-32-28/h3-19H,1-2H3,(H,31,32). The summed E-state index contributed by atoms with van der Waals surface area (Å²) in [6, 6.07) is 30.1. The van der Waals surface area contributed by atoms with E-state index in [1.54, 1.807) is 6.20 Å². The van der Waals surface area contributed by atoms with Gasteiger partial charge in [0.05, 0.1) is 16.7 Å². The number of nitrogens with one attached hydrogen (secondary N) is 1. The number of aromatic nitrogens is 4. The lowest BCUT2D eigenvalue weighted by Crippen LogP contribution is -2.20. The molecule has 3 aromatic heterocycles. The normalized spacial score (nSPS) is 11.9. The monoisotopic (exact) mass is 428 g/mol. The first-order valence-corrected chi connectivity index (χ1v) is 11.2. The molecular weight excluding hydrogens is 404 g/mol. The molecular formula is C29H24N4. The molecule has 6 aromatic rings. The van der Waals surface area contributed by atoms with Gasteiger partial charge in [-0.2, -0.15) is 0 Å². The molecule has 0 saturated heterocycles. The zero-order chi connectivity index (χ0) is 22.4. The van der Waals surface area contributed by atoms with Crippen molar-refractivity contribution in [2.75, 3.05) is 0 Å². The van der Waals surface area contributed by atoms with Crippen LogP contribution in [-0.4, -0.2) is 19.5 Å². The quantitative estimate of drug-likeness (QED) is 0.332. The van der Waals surface area contributed by atoms with E-state index in [1.165, 1.54) is 21.9 Å². The number of rotatable bonds is 4. The van der Waals surface area contributed by atoms with E-state index in [1.807, 2.05) is 18.5 Å². The SMILES string of the molecule is CC(C)(c1cccc(-n2c3ccccc3c3ccc(-c4ncc[nH]4)cc32)c1)c1ccccn1. The number of pyridine rings is 1. The lowest BCUT2D eigenvalue weighted by atomic mass is 9.81. The van der Waals surface area contributed by atoms with E-state index < -0.39 is 0 Å². The summed E-state index contributed by atoms with van der Waals surface area (Å²) in [6.45, 7) is 4.46. The number of H-pyrrole nitrogens is 1. The zero-order valence-corrected chi connectivity index (χ0v) is 18.7. The highest BCUT2D eigenvalue weighted by Gasteiger charge is 2.25. The molecule has 6 rings (SSSR count). The van der Waals surface area contributed by atoms with Crippen LogP contribution in [0.1, 0.15) is 25.1 Å². The molecule has 0 saturated carbocycles. The molecule has 3 heterocycles. The van der Waals surface area contributed by atoms with Crippen molar-refractivity contribution in [2.24, 2.45) is 0 Å². The minimum atomic E-state index is -0.213. The van der Waals surface area contributed by atoms with E-state index in [4.69, 9.17) is 0 Å². The molecule has 160 valence electrons. The van der Waals surface area contributed by atoms with Gasteiger partial charge in [0.25, 0.3) is 0 Å². The van der Waals surface area contributed by atoms with E-state index in [2.05, 4.69) is 112 Å². The van der Waals surface area contributed by atoms with Gasteiger partial charge >= 0.3 is 0 Å². The molecule has 33 heavy (non-hydrogen) atoms. The molecule has 3 aromatic carbocycles. The largest absolute Gasteiger partial charge is 0.345 e. The van der Waals surface area contributed by atoms with Gasteiger partial charge in [-0.1, -0.05) is 62.4 Å². The van der Waals surface area contributed by atoms with Crippen LogP contribution in [0.4, 0.5) is 0 Å². The van der Waals surface area contributed by atoms with Gasteiger partial charge in [-0.3, -0.25) is 4.98 Å². The smallest absolute Gasteiger partial charge is 0.137 e. The van der Waals surface area contributed by atoms with Gasteiger partial charge in [0.1, 0.15) is 5.82 Å². The van der Waals surface area contributed by atoms with Crippen molar-refractivity contribution in [3.05, 3.63) is 115 Å². The van der Waals surface area contributed by atoms with Gasteiger partial charge in [-0.25, -0.2) is 4.98 Å². The number of para-hydroxylation sites is 1. The number of aromatic amines is 1. The van der Waals surface area contributed by atoms with Crippen LogP contribution in [-0.2, 0) is 5.41 Å². The van der Waals surface area contributed by atoms with Crippen LogP contribution in [0.25, 0.3) is 38.9 Å². The van der Waals surface area contributed by atoms with Crippen molar-refractivity contribution in [1.82, 2.24) is 19.5 Å². The van der Waals surface area contributed by atoms with Crippen molar-refractivity contribution in [2.45, 2.75) is 19.3 Å². The van der Waals surface area contributed by atoms with Crippen LogP contribution in [0.15, 0.2) is 104 Å². The molecule has 0 aliphatic rings. The number of imidazole rings is 1. The van der Waals surface area contributed by atoms with E-state index >= 15 is 0 Å². The molecule has 0 spiro atoms. The van der Waals surface area contributed by atoms with Crippen LogP contribution in [0, 0.1) is 0 Å². The highest BCUT2D eigenvalue weighted by Crippen LogP contribution is 2.36. The summed E-state index contributed by atoms with van der Waals surface area (Å²) in [7, 11) is 0. The fourth-order valence-electron chi connectivity index (χ4n) is 4.73. The number of benzene rings is 3. The third-order valence-corrected chi connectivity index (χ3v) is 6.58. The average Bonchev–Trinajstić information content (AvgIpc) is 3.51. The van der Waals surface area contributed by atoms with E-state index in [9.17, 15) is 0 Å². The summed E-state index contributed by atoms with van der Waals surface area (Å²) in [5.74, 6) is 0.874. The minimum Gasteiger partial charge on any atom is -0.345 e. The van der Waals surface area contributed by atoms with Crippen molar-refractivity contribution >= 4 is 21.8 Å². The van der Waals surface area contributed by atoms with Crippen molar-refractivity contribution in [3.63, 3.8) is 0 Å². The minimum absolute atomic E-state index is 0.213. The lowest BCUT2D eigenvalue weighted by molar-refractivity contribution is 0.616. The maximum atomic E-state index is 4.64. The lowest BCUT2D eigenvalue weighted by Gasteiger charge is -2.25. The van der Waals surface area contributed by atoms with Crippen LogP contribution < -0.4 is 0 Å². The van der Waals surface area contributed by atoms with Crippen LogP contribution in [0.5, 0.6) is 0 Å². The highest BCUT2D eigenvalue weighted by atomic mass is 15.0. The fourth-order valence-corrected chi connectivity index (χ4v) is 4.73. The van der Waals surface area contributed by atoms with E-state index in [-0.39, 0.29) is 5.41 Å². The number of fused-ring (bicyclic) bond motifs is 3. The molecule has 0 radical (unpaired) electrons. The van der Waals surface area contributed by atoms with Gasteiger partial charge in [-0.05, 0) is 42.0 Å². The first-order chi connectivity index (χ1) is 16.1. The van der Waals surface area contributed by atoms with E-state index in [0.29, 0.717) is 0 Å². The number of hydrogen-bond donors (Lipinski definition) is 1. The summed E-state index contributed by atoms with van der Waals surface area (Å²) in [5.41, 5.74) is 6.64. The third-order valence-electron chi connectivity index (χ3n) is 6.58. The Morgan fingerprint density at radius 3 is 2.39 bits per heavy atom. The van der Waals surface area contributed by atoms with Gasteiger partial charge < -0.3 is 9.55 Å². The summed E-state index contributed by atoms with van der Waals surface area (Å²) >= 11 is 0. The maximum Gasteiger partial charge on any atom is 0.137 e. The first-order valence-electron chi connectivity index (χ1n) is 11.2. The summed E-state index contributed by atoms with van der Waals surface area (Å²) in [6.07, 6.45) is 5.51.